The maximum Gasteiger partial charge on any atom is 0.339 e. The number of epoxide rings is 1. The molecule has 1 saturated heterocycles. The van der Waals surface area contributed by atoms with Gasteiger partial charge in [0.05, 0.1) is 12.6 Å². The summed E-state index contributed by atoms with van der Waals surface area (Å²) in [5, 5.41) is 2.94. The molecule has 1 N–H and O–H groups in total. The standard InChI is InChI=1S/C18H33NO5/c1-11(2)8-13(10-22-9-12(3)4)19-16(20)14-15(23-14)17(21)24-18(5,6)7/h11-15H,8-10H2,1-7H3,(H,19,20)/t13-,14-,15-/m0/s1. The Kier molecular flexibility index (Phi) is 7.67. The van der Waals surface area contributed by atoms with Gasteiger partial charge in [-0.05, 0) is 39.0 Å². The van der Waals surface area contributed by atoms with Crippen molar-refractivity contribution in [1.82, 2.24) is 5.32 Å². The van der Waals surface area contributed by atoms with E-state index in [2.05, 4.69) is 33.0 Å². The van der Waals surface area contributed by atoms with Crippen LogP contribution < -0.4 is 5.32 Å². The fourth-order valence-electron chi connectivity index (χ4n) is 2.32. The van der Waals surface area contributed by atoms with Gasteiger partial charge >= 0.3 is 5.97 Å². The smallest absolute Gasteiger partial charge is 0.339 e. The Hall–Kier alpha value is -1.14. The lowest BCUT2D eigenvalue weighted by atomic mass is 10.0. The highest BCUT2D eigenvalue weighted by molar-refractivity contribution is 5.93. The van der Waals surface area contributed by atoms with Crippen LogP contribution in [-0.2, 0) is 23.8 Å². The Morgan fingerprint density at radius 1 is 1.04 bits per heavy atom. The minimum atomic E-state index is -0.791. The average Bonchev–Trinajstić information content (AvgIpc) is 3.15. The molecule has 0 aliphatic carbocycles. The van der Waals surface area contributed by atoms with Crippen LogP contribution in [0.3, 0.4) is 0 Å². The van der Waals surface area contributed by atoms with E-state index < -0.39 is 23.8 Å². The largest absolute Gasteiger partial charge is 0.458 e. The van der Waals surface area contributed by atoms with Crippen molar-refractivity contribution >= 4 is 11.9 Å². The summed E-state index contributed by atoms with van der Waals surface area (Å²) in [5.41, 5.74) is -0.588. The molecule has 0 aromatic rings. The quantitative estimate of drug-likeness (QED) is 0.513. The first-order valence-electron chi connectivity index (χ1n) is 8.76. The number of carbonyl (C=O) groups is 2. The molecule has 3 atom stereocenters. The number of ether oxygens (including phenoxy) is 3. The average molecular weight is 343 g/mol. The second kappa shape index (κ2) is 8.81. The fraction of sp³-hybridized carbons (Fsp3) is 0.889. The molecule has 0 bridgehead atoms. The molecule has 0 unspecified atom stereocenters. The number of nitrogens with one attached hydrogen (secondary N) is 1. The van der Waals surface area contributed by atoms with Gasteiger partial charge in [-0.2, -0.15) is 0 Å². The Bertz CT molecular complexity index is 428. The zero-order valence-corrected chi connectivity index (χ0v) is 16.0. The summed E-state index contributed by atoms with van der Waals surface area (Å²) in [6, 6.07) is -0.0836. The van der Waals surface area contributed by atoms with Crippen LogP contribution in [0.2, 0.25) is 0 Å². The number of amides is 1. The van der Waals surface area contributed by atoms with Crippen LogP contribution in [0.25, 0.3) is 0 Å². The van der Waals surface area contributed by atoms with Crippen molar-refractivity contribution in [2.24, 2.45) is 11.8 Å². The maximum absolute atomic E-state index is 12.3. The molecule has 24 heavy (non-hydrogen) atoms. The first-order chi connectivity index (χ1) is 11.0. The van der Waals surface area contributed by atoms with E-state index in [9.17, 15) is 9.59 Å². The molecule has 140 valence electrons. The van der Waals surface area contributed by atoms with E-state index in [1.165, 1.54) is 0 Å². The number of hydrogen-bond donors (Lipinski definition) is 1. The number of carbonyl (C=O) groups excluding carboxylic acids is 2. The molecule has 1 heterocycles. The van der Waals surface area contributed by atoms with Crippen molar-refractivity contribution in [3.05, 3.63) is 0 Å². The van der Waals surface area contributed by atoms with Crippen molar-refractivity contribution < 1.29 is 23.8 Å². The molecule has 6 nitrogen and oxygen atoms in total. The van der Waals surface area contributed by atoms with Gasteiger partial charge < -0.3 is 19.5 Å². The Morgan fingerprint density at radius 2 is 1.67 bits per heavy atom. The zero-order chi connectivity index (χ0) is 18.5. The van der Waals surface area contributed by atoms with Crippen LogP contribution in [0, 0.1) is 11.8 Å². The highest BCUT2D eigenvalue weighted by Crippen LogP contribution is 2.26. The van der Waals surface area contributed by atoms with Gasteiger partial charge in [-0.15, -0.1) is 0 Å². The molecule has 1 rings (SSSR count). The normalized spacial score (nSPS) is 21.7. The highest BCUT2D eigenvalue weighted by atomic mass is 16.6. The molecule has 1 fully saturated rings. The number of esters is 1. The van der Waals surface area contributed by atoms with E-state index in [4.69, 9.17) is 14.2 Å². The fourth-order valence-corrected chi connectivity index (χ4v) is 2.32. The molecule has 0 radical (unpaired) electrons. The van der Waals surface area contributed by atoms with Crippen LogP contribution in [0.1, 0.15) is 54.9 Å². The minimum absolute atomic E-state index is 0.0836. The van der Waals surface area contributed by atoms with Gasteiger partial charge in [0, 0.05) is 6.61 Å². The summed E-state index contributed by atoms with van der Waals surface area (Å²) in [5.74, 6) is 0.118. The first kappa shape index (κ1) is 20.9. The Labute approximate surface area is 145 Å². The van der Waals surface area contributed by atoms with Gasteiger partial charge in [0.15, 0.2) is 12.2 Å². The molecular weight excluding hydrogens is 310 g/mol. The predicted molar refractivity (Wildman–Crippen MR) is 91.5 cm³/mol. The van der Waals surface area contributed by atoms with Crippen molar-refractivity contribution in [1.29, 1.82) is 0 Å². The SMILES string of the molecule is CC(C)COC[C@H](CC(C)C)NC(=O)[C@H]1O[C@@H]1C(=O)OC(C)(C)C. The number of hydrogen-bond acceptors (Lipinski definition) is 5. The van der Waals surface area contributed by atoms with Crippen LogP contribution in [0.15, 0.2) is 0 Å². The maximum atomic E-state index is 12.3. The second-order valence-corrected chi connectivity index (χ2v) is 8.28. The van der Waals surface area contributed by atoms with Gasteiger partial charge in [-0.3, -0.25) is 4.79 Å². The van der Waals surface area contributed by atoms with Crippen LogP contribution in [-0.4, -0.2) is 48.9 Å². The third-order valence-corrected chi connectivity index (χ3v) is 3.26. The molecule has 0 aromatic heterocycles. The summed E-state index contributed by atoms with van der Waals surface area (Å²) < 4.78 is 16.1. The van der Waals surface area contributed by atoms with Crippen molar-refractivity contribution in [2.75, 3.05) is 13.2 Å². The molecule has 0 saturated carbocycles. The lowest BCUT2D eigenvalue weighted by molar-refractivity contribution is -0.156. The van der Waals surface area contributed by atoms with E-state index in [0.717, 1.165) is 6.42 Å². The highest BCUT2D eigenvalue weighted by Gasteiger charge is 2.52. The first-order valence-corrected chi connectivity index (χ1v) is 8.76. The Morgan fingerprint density at radius 3 is 2.17 bits per heavy atom. The minimum Gasteiger partial charge on any atom is -0.458 e. The van der Waals surface area contributed by atoms with Crippen LogP contribution in [0.4, 0.5) is 0 Å². The molecule has 1 aliphatic rings. The Balaban J connectivity index is 2.46. The molecule has 1 aliphatic heterocycles. The van der Waals surface area contributed by atoms with Gasteiger partial charge in [-0.25, -0.2) is 4.79 Å². The number of rotatable bonds is 9. The van der Waals surface area contributed by atoms with E-state index in [-0.39, 0.29) is 11.9 Å². The summed E-state index contributed by atoms with van der Waals surface area (Å²) in [7, 11) is 0. The van der Waals surface area contributed by atoms with Gasteiger partial charge in [0.2, 0.25) is 0 Å². The lowest BCUT2D eigenvalue weighted by Crippen LogP contribution is -2.42. The van der Waals surface area contributed by atoms with Crippen molar-refractivity contribution in [3.63, 3.8) is 0 Å². The van der Waals surface area contributed by atoms with Crippen LogP contribution >= 0.6 is 0 Å². The van der Waals surface area contributed by atoms with Crippen LogP contribution in [0.5, 0.6) is 0 Å². The molecule has 0 aromatic carbocycles. The van der Waals surface area contributed by atoms with E-state index in [0.29, 0.717) is 25.0 Å². The lowest BCUT2D eigenvalue weighted by Gasteiger charge is -2.21. The molecular formula is C18H33NO5. The second-order valence-electron chi connectivity index (χ2n) is 8.28. The summed E-state index contributed by atoms with van der Waals surface area (Å²) in [6.07, 6.45) is -0.728. The van der Waals surface area contributed by atoms with E-state index in [1.807, 2.05) is 0 Å². The topological polar surface area (TPSA) is 77.2 Å². The van der Waals surface area contributed by atoms with Gasteiger partial charge in [0.1, 0.15) is 5.60 Å². The third-order valence-electron chi connectivity index (χ3n) is 3.26. The van der Waals surface area contributed by atoms with Crippen molar-refractivity contribution in [2.45, 2.75) is 78.7 Å². The van der Waals surface area contributed by atoms with Gasteiger partial charge in [0.25, 0.3) is 5.91 Å². The molecule has 6 heteroatoms. The predicted octanol–water partition coefficient (Wildman–Crippen LogP) is 2.30. The molecule has 0 spiro atoms. The zero-order valence-electron chi connectivity index (χ0n) is 16.0. The summed E-state index contributed by atoms with van der Waals surface area (Å²) in [4.78, 5) is 24.2. The third kappa shape index (κ3) is 8.11. The van der Waals surface area contributed by atoms with E-state index in [1.54, 1.807) is 20.8 Å². The summed E-state index contributed by atoms with van der Waals surface area (Å²) >= 11 is 0. The van der Waals surface area contributed by atoms with E-state index >= 15 is 0 Å². The molecule has 1 amide bonds. The van der Waals surface area contributed by atoms with Crippen molar-refractivity contribution in [3.8, 4) is 0 Å². The summed E-state index contributed by atoms with van der Waals surface area (Å²) in [6.45, 7) is 14.8. The van der Waals surface area contributed by atoms with Gasteiger partial charge in [-0.1, -0.05) is 27.7 Å². The monoisotopic (exact) mass is 343 g/mol.